The monoisotopic (exact) mass is 345 g/mol. The molecule has 1 aromatic heterocycles. The van der Waals surface area contributed by atoms with Gasteiger partial charge in [-0.05, 0) is 44.0 Å². The van der Waals surface area contributed by atoms with Crippen LogP contribution in [0.2, 0.25) is 0 Å². The number of nitrogens with zero attached hydrogens (tertiary/aromatic N) is 3. The van der Waals surface area contributed by atoms with Gasteiger partial charge < -0.3 is 10.0 Å². The van der Waals surface area contributed by atoms with E-state index in [1.807, 2.05) is 19.9 Å². The van der Waals surface area contributed by atoms with E-state index in [0.717, 1.165) is 11.4 Å². The zero-order valence-electron chi connectivity index (χ0n) is 14.4. The van der Waals surface area contributed by atoms with E-state index in [1.165, 1.54) is 21.7 Å². The first-order valence-corrected chi connectivity index (χ1v) is 8.13. The maximum absolute atomic E-state index is 14.5. The molecule has 0 unspecified atom stereocenters. The number of hydrogen-bond donors (Lipinski definition) is 1. The fourth-order valence-corrected chi connectivity index (χ4v) is 3.32. The summed E-state index contributed by atoms with van der Waals surface area (Å²) in [5.41, 5.74) is 2.07. The predicted molar refractivity (Wildman–Crippen MR) is 89.2 cm³/mol. The first-order chi connectivity index (χ1) is 11.8. The lowest BCUT2D eigenvalue weighted by molar-refractivity contribution is -0.142. The van der Waals surface area contributed by atoms with Crippen LogP contribution in [-0.2, 0) is 4.79 Å². The zero-order valence-corrected chi connectivity index (χ0v) is 14.4. The first-order valence-electron chi connectivity index (χ1n) is 8.13. The Bertz CT molecular complexity index is 846. The maximum atomic E-state index is 14.5. The number of halogens is 1. The van der Waals surface area contributed by atoms with Crippen LogP contribution in [0, 0.1) is 31.5 Å². The molecule has 6 nitrogen and oxygen atoms in total. The number of carboxylic acids is 1. The van der Waals surface area contributed by atoms with E-state index in [0.29, 0.717) is 6.54 Å². The number of carboxylic acid groups (broad SMARTS) is 1. The third-order valence-electron chi connectivity index (χ3n) is 4.65. The summed E-state index contributed by atoms with van der Waals surface area (Å²) in [6, 6.07) is 6.11. The Morgan fingerprint density at radius 3 is 2.48 bits per heavy atom. The largest absolute Gasteiger partial charge is 0.481 e. The number of hydrogen-bond acceptors (Lipinski definition) is 3. The van der Waals surface area contributed by atoms with Gasteiger partial charge >= 0.3 is 5.97 Å². The molecule has 1 N–H and O–H groups in total. The summed E-state index contributed by atoms with van der Waals surface area (Å²) in [4.78, 5) is 25.2. The Labute approximate surface area is 144 Å². The van der Waals surface area contributed by atoms with Crippen molar-refractivity contribution in [1.82, 2.24) is 14.7 Å². The van der Waals surface area contributed by atoms with Gasteiger partial charge in [-0.2, -0.15) is 5.10 Å². The van der Waals surface area contributed by atoms with E-state index in [9.17, 15) is 19.1 Å². The number of aryl methyl sites for hydroxylation is 2. The third kappa shape index (κ3) is 3.14. The molecule has 7 heteroatoms. The van der Waals surface area contributed by atoms with E-state index in [2.05, 4.69) is 5.10 Å². The molecule has 0 saturated carbocycles. The quantitative estimate of drug-likeness (QED) is 0.927. The van der Waals surface area contributed by atoms with Crippen molar-refractivity contribution in [2.24, 2.45) is 11.8 Å². The zero-order chi connectivity index (χ0) is 18.3. The molecule has 132 valence electrons. The molecule has 1 aromatic carbocycles. The number of rotatable bonds is 3. The molecule has 0 bridgehead atoms. The second-order valence-electron chi connectivity index (χ2n) is 6.64. The highest BCUT2D eigenvalue weighted by atomic mass is 19.1. The number of aromatic nitrogens is 2. The van der Waals surface area contributed by atoms with Gasteiger partial charge in [-0.3, -0.25) is 9.59 Å². The lowest BCUT2D eigenvalue weighted by Crippen LogP contribution is -2.30. The van der Waals surface area contributed by atoms with Gasteiger partial charge in [-0.25, -0.2) is 9.07 Å². The minimum atomic E-state index is -0.908. The SMILES string of the molecule is Cc1cc(C)n(-c2ccc(C(=O)N3C[C@@H](C)[C@H](C(=O)O)C3)cc2F)n1. The second kappa shape index (κ2) is 6.31. The van der Waals surface area contributed by atoms with Crippen molar-refractivity contribution in [3.8, 4) is 5.69 Å². The molecule has 1 saturated heterocycles. The van der Waals surface area contributed by atoms with E-state index in [1.54, 1.807) is 13.0 Å². The fourth-order valence-electron chi connectivity index (χ4n) is 3.32. The first kappa shape index (κ1) is 17.1. The minimum Gasteiger partial charge on any atom is -0.481 e. The van der Waals surface area contributed by atoms with Gasteiger partial charge in [0.15, 0.2) is 0 Å². The van der Waals surface area contributed by atoms with Gasteiger partial charge in [0.2, 0.25) is 0 Å². The van der Waals surface area contributed by atoms with Crippen molar-refractivity contribution < 1.29 is 19.1 Å². The van der Waals surface area contributed by atoms with Crippen molar-refractivity contribution in [2.75, 3.05) is 13.1 Å². The number of carbonyl (C=O) groups excluding carboxylic acids is 1. The predicted octanol–water partition coefficient (Wildman–Crippen LogP) is 2.42. The molecule has 1 aliphatic rings. The van der Waals surface area contributed by atoms with Crippen LogP contribution >= 0.6 is 0 Å². The summed E-state index contributed by atoms with van der Waals surface area (Å²) in [6.07, 6.45) is 0. The average molecular weight is 345 g/mol. The smallest absolute Gasteiger partial charge is 0.308 e. The van der Waals surface area contributed by atoms with Crippen LogP contribution in [-0.4, -0.2) is 44.8 Å². The van der Waals surface area contributed by atoms with Crippen LogP contribution in [0.1, 0.15) is 28.7 Å². The summed E-state index contributed by atoms with van der Waals surface area (Å²) >= 11 is 0. The number of carbonyl (C=O) groups is 2. The van der Waals surface area contributed by atoms with Crippen molar-refractivity contribution >= 4 is 11.9 Å². The summed E-state index contributed by atoms with van der Waals surface area (Å²) in [5, 5.41) is 13.4. The van der Waals surface area contributed by atoms with Crippen LogP contribution in [0.15, 0.2) is 24.3 Å². The van der Waals surface area contributed by atoms with Crippen LogP contribution in [0.5, 0.6) is 0 Å². The Balaban J connectivity index is 1.85. The lowest BCUT2D eigenvalue weighted by atomic mass is 9.99. The number of likely N-dealkylation sites (tertiary alicyclic amines) is 1. The number of amides is 1. The molecule has 0 aliphatic carbocycles. The summed E-state index contributed by atoms with van der Waals surface area (Å²) < 4.78 is 16.0. The molecule has 3 rings (SSSR count). The van der Waals surface area contributed by atoms with E-state index < -0.39 is 17.7 Å². The molecule has 1 amide bonds. The Morgan fingerprint density at radius 2 is 1.96 bits per heavy atom. The molecule has 2 heterocycles. The Hall–Kier alpha value is -2.70. The van der Waals surface area contributed by atoms with Crippen molar-refractivity contribution in [2.45, 2.75) is 20.8 Å². The molecule has 0 spiro atoms. The van der Waals surface area contributed by atoms with Crippen molar-refractivity contribution in [3.63, 3.8) is 0 Å². The van der Waals surface area contributed by atoms with Crippen LogP contribution in [0.3, 0.4) is 0 Å². The average Bonchev–Trinajstić information content (AvgIpc) is 3.09. The van der Waals surface area contributed by atoms with Crippen molar-refractivity contribution in [1.29, 1.82) is 0 Å². The van der Waals surface area contributed by atoms with E-state index in [-0.39, 0.29) is 29.6 Å². The molecular weight excluding hydrogens is 325 g/mol. The van der Waals surface area contributed by atoms with Gasteiger partial charge in [0.25, 0.3) is 5.91 Å². The summed E-state index contributed by atoms with van der Waals surface area (Å²) in [7, 11) is 0. The van der Waals surface area contributed by atoms with Crippen LogP contribution < -0.4 is 0 Å². The Kier molecular flexibility index (Phi) is 4.32. The highest BCUT2D eigenvalue weighted by Crippen LogP contribution is 2.25. The molecule has 1 fully saturated rings. The lowest BCUT2D eigenvalue weighted by Gasteiger charge is -2.16. The second-order valence-corrected chi connectivity index (χ2v) is 6.64. The number of aliphatic carboxylic acids is 1. The standard InChI is InChI=1S/C18H20FN3O3/c1-10-8-21(9-14(10)18(24)25)17(23)13-4-5-16(15(19)7-13)22-12(3)6-11(2)20-22/h4-7,10,14H,8-9H2,1-3H3,(H,24,25)/t10-,14-/m1/s1. The fraction of sp³-hybridized carbons (Fsp3) is 0.389. The van der Waals surface area contributed by atoms with Crippen molar-refractivity contribution in [3.05, 3.63) is 47.0 Å². The molecule has 0 radical (unpaired) electrons. The molecule has 2 aromatic rings. The third-order valence-corrected chi connectivity index (χ3v) is 4.65. The highest BCUT2D eigenvalue weighted by molar-refractivity contribution is 5.95. The van der Waals surface area contributed by atoms with Crippen LogP contribution in [0.25, 0.3) is 5.69 Å². The summed E-state index contributed by atoms with van der Waals surface area (Å²) in [5.74, 6) is -2.51. The molecule has 1 aliphatic heterocycles. The Morgan fingerprint density at radius 1 is 1.24 bits per heavy atom. The topological polar surface area (TPSA) is 75.4 Å². The highest BCUT2D eigenvalue weighted by Gasteiger charge is 2.37. The molecular formula is C18H20FN3O3. The van der Waals surface area contributed by atoms with E-state index in [4.69, 9.17) is 0 Å². The normalized spacial score (nSPS) is 20.1. The maximum Gasteiger partial charge on any atom is 0.308 e. The van der Waals surface area contributed by atoms with E-state index >= 15 is 0 Å². The minimum absolute atomic E-state index is 0.125. The van der Waals surface area contributed by atoms with Gasteiger partial charge in [0.05, 0.1) is 11.6 Å². The van der Waals surface area contributed by atoms with Gasteiger partial charge in [-0.15, -0.1) is 0 Å². The van der Waals surface area contributed by atoms with Gasteiger partial charge in [0.1, 0.15) is 11.5 Å². The van der Waals surface area contributed by atoms with Gasteiger partial charge in [0, 0.05) is 24.3 Å². The molecule has 2 atom stereocenters. The number of benzene rings is 1. The van der Waals surface area contributed by atoms with Gasteiger partial charge in [-0.1, -0.05) is 6.92 Å². The molecule has 25 heavy (non-hydrogen) atoms. The summed E-state index contributed by atoms with van der Waals surface area (Å²) in [6.45, 7) is 5.97. The van der Waals surface area contributed by atoms with Crippen LogP contribution in [0.4, 0.5) is 4.39 Å².